The van der Waals surface area contributed by atoms with Crippen molar-refractivity contribution in [2.75, 3.05) is 18.0 Å². The Labute approximate surface area is 135 Å². The molecule has 120 valence electrons. The van der Waals surface area contributed by atoms with E-state index in [9.17, 15) is 10.1 Å². The molecule has 0 bridgehead atoms. The SMILES string of the molecule is O=[N+]([O-])c1ccc(OCc2ccccc2)c(N2CCCCC2)c1. The van der Waals surface area contributed by atoms with Crippen LogP contribution in [0.2, 0.25) is 0 Å². The molecule has 0 amide bonds. The molecule has 0 N–H and O–H groups in total. The van der Waals surface area contributed by atoms with E-state index < -0.39 is 0 Å². The van der Waals surface area contributed by atoms with Gasteiger partial charge in [-0.05, 0) is 30.9 Å². The van der Waals surface area contributed by atoms with E-state index in [1.807, 2.05) is 30.3 Å². The number of anilines is 1. The number of ether oxygens (including phenoxy) is 1. The minimum Gasteiger partial charge on any atom is -0.487 e. The number of rotatable bonds is 5. The first kappa shape index (κ1) is 15.3. The predicted molar refractivity (Wildman–Crippen MR) is 89.9 cm³/mol. The Balaban J connectivity index is 1.83. The molecule has 5 heteroatoms. The van der Waals surface area contributed by atoms with E-state index in [0.717, 1.165) is 37.2 Å². The molecule has 1 aliphatic heterocycles. The van der Waals surface area contributed by atoms with E-state index in [0.29, 0.717) is 12.4 Å². The fraction of sp³-hybridized carbons (Fsp3) is 0.333. The van der Waals surface area contributed by atoms with Crippen LogP contribution in [-0.4, -0.2) is 18.0 Å². The van der Waals surface area contributed by atoms with Crippen LogP contribution in [-0.2, 0) is 6.61 Å². The van der Waals surface area contributed by atoms with Gasteiger partial charge in [0.1, 0.15) is 12.4 Å². The van der Waals surface area contributed by atoms with Gasteiger partial charge in [-0.25, -0.2) is 0 Å². The zero-order chi connectivity index (χ0) is 16.1. The van der Waals surface area contributed by atoms with Crippen LogP contribution < -0.4 is 9.64 Å². The summed E-state index contributed by atoms with van der Waals surface area (Å²) in [7, 11) is 0. The summed E-state index contributed by atoms with van der Waals surface area (Å²) in [6.07, 6.45) is 3.44. The second-order valence-electron chi connectivity index (χ2n) is 5.73. The van der Waals surface area contributed by atoms with Gasteiger partial charge in [0.25, 0.3) is 5.69 Å². The number of nitro groups is 1. The smallest absolute Gasteiger partial charge is 0.271 e. The van der Waals surface area contributed by atoms with Gasteiger partial charge in [0.05, 0.1) is 10.6 Å². The van der Waals surface area contributed by atoms with E-state index in [2.05, 4.69) is 4.90 Å². The van der Waals surface area contributed by atoms with Gasteiger partial charge in [-0.2, -0.15) is 0 Å². The molecule has 1 fully saturated rings. The summed E-state index contributed by atoms with van der Waals surface area (Å²) in [6, 6.07) is 14.8. The Morgan fingerprint density at radius 2 is 1.78 bits per heavy atom. The van der Waals surface area contributed by atoms with Gasteiger partial charge in [0, 0.05) is 25.2 Å². The zero-order valence-corrected chi connectivity index (χ0v) is 13.0. The maximum atomic E-state index is 11.1. The summed E-state index contributed by atoms with van der Waals surface area (Å²) in [5.74, 6) is 0.710. The number of hydrogen-bond acceptors (Lipinski definition) is 4. The quantitative estimate of drug-likeness (QED) is 0.614. The molecule has 3 rings (SSSR count). The minimum atomic E-state index is -0.353. The highest BCUT2D eigenvalue weighted by Gasteiger charge is 2.19. The monoisotopic (exact) mass is 312 g/mol. The van der Waals surface area contributed by atoms with Crippen molar-refractivity contribution < 1.29 is 9.66 Å². The molecule has 2 aromatic rings. The highest BCUT2D eigenvalue weighted by atomic mass is 16.6. The lowest BCUT2D eigenvalue weighted by Gasteiger charge is -2.30. The van der Waals surface area contributed by atoms with Gasteiger partial charge in [0.2, 0.25) is 0 Å². The van der Waals surface area contributed by atoms with Crippen LogP contribution in [0.15, 0.2) is 48.5 Å². The third-order valence-electron chi connectivity index (χ3n) is 4.09. The van der Waals surface area contributed by atoms with Crippen molar-refractivity contribution in [3.05, 3.63) is 64.2 Å². The molecule has 1 aliphatic rings. The summed E-state index contributed by atoms with van der Waals surface area (Å²) >= 11 is 0. The molecule has 0 saturated carbocycles. The maximum absolute atomic E-state index is 11.1. The Morgan fingerprint density at radius 3 is 2.48 bits per heavy atom. The van der Waals surface area contributed by atoms with E-state index in [-0.39, 0.29) is 10.6 Å². The molecule has 5 nitrogen and oxygen atoms in total. The van der Waals surface area contributed by atoms with Gasteiger partial charge < -0.3 is 9.64 Å². The molecular formula is C18H20N2O3. The lowest BCUT2D eigenvalue weighted by Crippen LogP contribution is -2.29. The van der Waals surface area contributed by atoms with Crippen LogP contribution in [0.4, 0.5) is 11.4 Å². The molecule has 1 saturated heterocycles. The highest BCUT2D eigenvalue weighted by Crippen LogP contribution is 2.34. The van der Waals surface area contributed by atoms with Gasteiger partial charge in [0.15, 0.2) is 0 Å². The molecule has 0 atom stereocenters. The van der Waals surface area contributed by atoms with Crippen molar-refractivity contribution >= 4 is 11.4 Å². The summed E-state index contributed by atoms with van der Waals surface area (Å²) < 4.78 is 5.95. The predicted octanol–water partition coefficient (Wildman–Crippen LogP) is 4.16. The topological polar surface area (TPSA) is 55.6 Å². The van der Waals surface area contributed by atoms with Crippen LogP contribution in [0.25, 0.3) is 0 Å². The van der Waals surface area contributed by atoms with Crippen LogP contribution in [0.3, 0.4) is 0 Å². The van der Waals surface area contributed by atoms with Gasteiger partial charge in [-0.1, -0.05) is 30.3 Å². The molecule has 2 aromatic carbocycles. The standard InChI is InChI=1S/C18H20N2O3/c21-20(22)16-9-10-18(23-14-15-7-3-1-4-8-15)17(13-16)19-11-5-2-6-12-19/h1,3-4,7-10,13H,2,5-6,11-12,14H2. The summed E-state index contributed by atoms with van der Waals surface area (Å²) in [4.78, 5) is 12.9. The van der Waals surface area contributed by atoms with E-state index in [1.54, 1.807) is 12.1 Å². The van der Waals surface area contributed by atoms with Crippen molar-refractivity contribution in [1.29, 1.82) is 0 Å². The first-order valence-corrected chi connectivity index (χ1v) is 7.94. The normalized spacial score (nSPS) is 14.5. The molecular weight excluding hydrogens is 292 g/mol. The van der Waals surface area contributed by atoms with Crippen molar-refractivity contribution in [2.24, 2.45) is 0 Å². The third-order valence-corrected chi connectivity index (χ3v) is 4.09. The maximum Gasteiger partial charge on any atom is 0.271 e. The fourth-order valence-corrected chi connectivity index (χ4v) is 2.86. The van der Waals surface area contributed by atoms with Crippen molar-refractivity contribution in [3.8, 4) is 5.75 Å². The van der Waals surface area contributed by atoms with Crippen molar-refractivity contribution in [2.45, 2.75) is 25.9 Å². The van der Waals surface area contributed by atoms with E-state index >= 15 is 0 Å². The number of non-ortho nitro benzene ring substituents is 1. The van der Waals surface area contributed by atoms with Crippen LogP contribution in [0.5, 0.6) is 5.75 Å². The molecule has 0 unspecified atom stereocenters. The molecule has 1 heterocycles. The zero-order valence-electron chi connectivity index (χ0n) is 13.0. The second kappa shape index (κ2) is 7.13. The molecule has 0 spiro atoms. The van der Waals surface area contributed by atoms with Crippen LogP contribution >= 0.6 is 0 Å². The number of piperidine rings is 1. The average molecular weight is 312 g/mol. The lowest BCUT2D eigenvalue weighted by molar-refractivity contribution is -0.384. The summed E-state index contributed by atoms with van der Waals surface area (Å²) in [6.45, 7) is 2.30. The van der Waals surface area contributed by atoms with E-state index in [1.165, 1.54) is 12.5 Å². The molecule has 0 aliphatic carbocycles. The third kappa shape index (κ3) is 3.80. The van der Waals surface area contributed by atoms with Crippen molar-refractivity contribution in [3.63, 3.8) is 0 Å². The second-order valence-corrected chi connectivity index (χ2v) is 5.73. The Kier molecular flexibility index (Phi) is 4.76. The Morgan fingerprint density at radius 1 is 1.04 bits per heavy atom. The van der Waals surface area contributed by atoms with Gasteiger partial charge >= 0.3 is 0 Å². The minimum absolute atomic E-state index is 0.109. The van der Waals surface area contributed by atoms with Gasteiger partial charge in [-0.15, -0.1) is 0 Å². The van der Waals surface area contributed by atoms with Crippen LogP contribution in [0, 0.1) is 10.1 Å². The average Bonchev–Trinajstić information content (AvgIpc) is 2.61. The largest absolute Gasteiger partial charge is 0.487 e. The van der Waals surface area contributed by atoms with Gasteiger partial charge in [-0.3, -0.25) is 10.1 Å². The lowest BCUT2D eigenvalue weighted by atomic mass is 10.1. The molecule has 0 radical (unpaired) electrons. The number of nitro benzene ring substituents is 1. The Bertz CT molecular complexity index is 667. The number of hydrogen-bond donors (Lipinski definition) is 0. The Hall–Kier alpha value is -2.56. The first-order chi connectivity index (χ1) is 11.2. The van der Waals surface area contributed by atoms with Crippen molar-refractivity contribution in [1.82, 2.24) is 0 Å². The summed E-state index contributed by atoms with van der Waals surface area (Å²) in [5, 5.41) is 11.1. The van der Waals surface area contributed by atoms with E-state index in [4.69, 9.17) is 4.74 Å². The molecule has 0 aromatic heterocycles. The summed E-state index contributed by atoms with van der Waals surface area (Å²) in [5.41, 5.74) is 2.02. The van der Waals surface area contributed by atoms with Crippen LogP contribution in [0.1, 0.15) is 24.8 Å². The highest BCUT2D eigenvalue weighted by molar-refractivity contribution is 5.63. The number of benzene rings is 2. The first-order valence-electron chi connectivity index (χ1n) is 7.94. The number of nitrogens with zero attached hydrogens (tertiary/aromatic N) is 2. The fourth-order valence-electron chi connectivity index (χ4n) is 2.86. The molecule has 23 heavy (non-hydrogen) atoms.